The van der Waals surface area contributed by atoms with Crippen molar-refractivity contribution in [3.8, 4) is 5.75 Å². The Morgan fingerprint density at radius 2 is 1.52 bits per heavy atom. The second-order valence-corrected chi connectivity index (χ2v) is 7.32. The zero-order chi connectivity index (χ0) is 20.8. The van der Waals surface area contributed by atoms with Gasteiger partial charge in [0.2, 0.25) is 5.91 Å². The second kappa shape index (κ2) is 9.50. The number of benzene rings is 3. The number of hydrogen-bond acceptors (Lipinski definition) is 3. The van der Waals surface area contributed by atoms with Crippen LogP contribution in [0.5, 0.6) is 5.75 Å². The van der Waals surface area contributed by atoms with E-state index in [0.717, 1.165) is 28.1 Å². The van der Waals surface area contributed by atoms with Crippen molar-refractivity contribution in [2.45, 2.75) is 13.5 Å². The monoisotopic (exact) mass is 426 g/mol. The molecule has 0 aliphatic heterocycles. The predicted octanol–water partition coefficient (Wildman–Crippen LogP) is 6.44. The molecule has 6 heteroatoms. The van der Waals surface area contributed by atoms with Gasteiger partial charge in [-0.15, -0.1) is 0 Å². The lowest BCUT2D eigenvalue weighted by Gasteiger charge is -2.10. The highest BCUT2D eigenvalue weighted by Crippen LogP contribution is 2.25. The van der Waals surface area contributed by atoms with Gasteiger partial charge in [-0.1, -0.05) is 47.5 Å². The first-order valence-corrected chi connectivity index (χ1v) is 9.73. The van der Waals surface area contributed by atoms with Gasteiger partial charge in [0.05, 0.1) is 10.0 Å². The molecule has 3 rings (SSSR count). The molecular formula is C23H20Cl2N2O2. The van der Waals surface area contributed by atoms with Crippen molar-refractivity contribution in [3.63, 3.8) is 0 Å². The Labute approximate surface area is 179 Å². The van der Waals surface area contributed by atoms with Crippen LogP contribution in [0.25, 0.3) is 12.2 Å². The van der Waals surface area contributed by atoms with E-state index in [0.29, 0.717) is 16.6 Å². The summed E-state index contributed by atoms with van der Waals surface area (Å²) in [6.45, 7) is 1.93. The van der Waals surface area contributed by atoms with Crippen LogP contribution < -0.4 is 10.6 Å². The van der Waals surface area contributed by atoms with Gasteiger partial charge in [-0.05, 0) is 59.7 Å². The SMILES string of the molecule is CC(=O)Nc1ccc(NCc2cc(/C=C/c3ccc(Cl)c(Cl)c3)ccc2O)cc1. The molecule has 0 unspecified atom stereocenters. The van der Waals surface area contributed by atoms with Gasteiger partial charge in [-0.3, -0.25) is 4.79 Å². The Balaban J connectivity index is 1.68. The minimum Gasteiger partial charge on any atom is -0.508 e. The second-order valence-electron chi connectivity index (χ2n) is 6.51. The number of aromatic hydroxyl groups is 1. The molecule has 0 bridgehead atoms. The Hall–Kier alpha value is -2.95. The zero-order valence-corrected chi connectivity index (χ0v) is 17.3. The molecule has 3 N–H and O–H groups in total. The van der Waals surface area contributed by atoms with Gasteiger partial charge in [0.1, 0.15) is 5.75 Å². The molecule has 0 heterocycles. The van der Waals surface area contributed by atoms with E-state index >= 15 is 0 Å². The summed E-state index contributed by atoms with van der Waals surface area (Å²) in [6, 6.07) is 18.3. The summed E-state index contributed by atoms with van der Waals surface area (Å²) >= 11 is 12.0. The van der Waals surface area contributed by atoms with Gasteiger partial charge in [-0.25, -0.2) is 0 Å². The molecule has 0 saturated heterocycles. The van der Waals surface area contributed by atoms with Crippen LogP contribution in [0.15, 0.2) is 60.7 Å². The molecule has 29 heavy (non-hydrogen) atoms. The van der Waals surface area contributed by atoms with Crippen LogP contribution in [0.1, 0.15) is 23.6 Å². The van der Waals surface area contributed by atoms with Gasteiger partial charge in [-0.2, -0.15) is 0 Å². The van der Waals surface area contributed by atoms with E-state index in [1.165, 1.54) is 6.92 Å². The van der Waals surface area contributed by atoms with Crippen molar-refractivity contribution in [2.75, 3.05) is 10.6 Å². The largest absolute Gasteiger partial charge is 0.508 e. The molecule has 0 aliphatic rings. The standard InChI is InChI=1S/C23H20Cl2N2O2/c1-15(28)27-20-8-6-19(7-9-20)26-14-18-12-16(5-11-23(18)29)2-3-17-4-10-21(24)22(25)13-17/h2-13,26,29H,14H2,1H3,(H,27,28)/b3-2+. The van der Waals surface area contributed by atoms with Crippen LogP contribution in [-0.4, -0.2) is 11.0 Å². The third-order valence-corrected chi connectivity index (χ3v) is 4.94. The Kier molecular flexibility index (Phi) is 6.81. The molecular weight excluding hydrogens is 407 g/mol. The van der Waals surface area contributed by atoms with Gasteiger partial charge in [0.15, 0.2) is 0 Å². The van der Waals surface area contributed by atoms with Crippen molar-refractivity contribution in [3.05, 3.63) is 87.4 Å². The minimum absolute atomic E-state index is 0.110. The van der Waals surface area contributed by atoms with E-state index in [1.807, 2.05) is 54.6 Å². The number of anilines is 2. The summed E-state index contributed by atoms with van der Waals surface area (Å²) in [5.41, 5.74) is 4.28. The van der Waals surface area contributed by atoms with Gasteiger partial charge >= 0.3 is 0 Å². The van der Waals surface area contributed by atoms with Crippen LogP contribution in [0.4, 0.5) is 11.4 Å². The molecule has 4 nitrogen and oxygen atoms in total. The maximum Gasteiger partial charge on any atom is 0.221 e. The molecule has 0 radical (unpaired) electrons. The van der Waals surface area contributed by atoms with E-state index < -0.39 is 0 Å². The number of phenolic OH excluding ortho intramolecular Hbond substituents is 1. The fourth-order valence-electron chi connectivity index (χ4n) is 2.73. The summed E-state index contributed by atoms with van der Waals surface area (Å²) in [5, 5.41) is 17.2. The molecule has 0 aliphatic carbocycles. The molecule has 0 spiro atoms. The van der Waals surface area contributed by atoms with Crippen molar-refractivity contribution in [2.24, 2.45) is 0 Å². The minimum atomic E-state index is -0.110. The smallest absolute Gasteiger partial charge is 0.221 e. The number of halogens is 2. The Bertz CT molecular complexity index is 1050. The van der Waals surface area contributed by atoms with Crippen molar-refractivity contribution >= 4 is 52.6 Å². The van der Waals surface area contributed by atoms with Crippen molar-refractivity contribution in [1.82, 2.24) is 0 Å². The highest BCUT2D eigenvalue weighted by Gasteiger charge is 2.03. The molecule has 148 valence electrons. The average Bonchev–Trinajstić information content (AvgIpc) is 2.69. The maximum absolute atomic E-state index is 11.1. The van der Waals surface area contributed by atoms with Crippen LogP contribution in [-0.2, 0) is 11.3 Å². The Morgan fingerprint density at radius 3 is 2.17 bits per heavy atom. The van der Waals surface area contributed by atoms with Crippen LogP contribution in [0.3, 0.4) is 0 Å². The third kappa shape index (κ3) is 6.01. The van der Waals surface area contributed by atoms with E-state index in [-0.39, 0.29) is 11.7 Å². The number of rotatable bonds is 6. The first-order valence-electron chi connectivity index (χ1n) is 8.97. The topological polar surface area (TPSA) is 61.4 Å². The molecule has 0 saturated carbocycles. The fraction of sp³-hybridized carbons (Fsp3) is 0.0870. The first kappa shape index (κ1) is 20.8. The summed E-state index contributed by atoms with van der Waals surface area (Å²) in [6.07, 6.45) is 3.89. The molecule has 3 aromatic rings. The van der Waals surface area contributed by atoms with Gasteiger partial charge in [0, 0.05) is 30.4 Å². The van der Waals surface area contributed by atoms with Crippen LogP contribution >= 0.6 is 23.2 Å². The number of hydrogen-bond donors (Lipinski definition) is 3. The van der Waals surface area contributed by atoms with Gasteiger partial charge in [0.25, 0.3) is 0 Å². The highest BCUT2D eigenvalue weighted by atomic mass is 35.5. The molecule has 1 amide bonds. The number of nitrogens with one attached hydrogen (secondary N) is 2. The predicted molar refractivity (Wildman–Crippen MR) is 122 cm³/mol. The van der Waals surface area contributed by atoms with Crippen molar-refractivity contribution < 1.29 is 9.90 Å². The third-order valence-electron chi connectivity index (χ3n) is 4.20. The van der Waals surface area contributed by atoms with E-state index in [9.17, 15) is 9.90 Å². The number of carbonyl (C=O) groups excluding carboxylic acids is 1. The molecule has 0 fully saturated rings. The fourth-order valence-corrected chi connectivity index (χ4v) is 3.04. The summed E-state index contributed by atoms with van der Waals surface area (Å²) in [7, 11) is 0. The van der Waals surface area contributed by atoms with Crippen LogP contribution in [0.2, 0.25) is 10.0 Å². The molecule has 3 aromatic carbocycles. The zero-order valence-electron chi connectivity index (χ0n) is 15.7. The summed E-state index contributed by atoms with van der Waals surface area (Å²) in [5.74, 6) is 0.112. The lowest BCUT2D eigenvalue weighted by atomic mass is 10.1. The first-order chi connectivity index (χ1) is 13.9. The summed E-state index contributed by atoms with van der Waals surface area (Å²) < 4.78 is 0. The number of amides is 1. The molecule has 0 atom stereocenters. The summed E-state index contributed by atoms with van der Waals surface area (Å²) in [4.78, 5) is 11.1. The average molecular weight is 427 g/mol. The van der Waals surface area contributed by atoms with Crippen molar-refractivity contribution in [1.29, 1.82) is 0 Å². The van der Waals surface area contributed by atoms with E-state index in [4.69, 9.17) is 23.2 Å². The number of carbonyl (C=O) groups is 1. The molecule has 0 aromatic heterocycles. The maximum atomic E-state index is 11.1. The van der Waals surface area contributed by atoms with E-state index in [2.05, 4.69) is 10.6 Å². The van der Waals surface area contributed by atoms with Crippen LogP contribution in [0, 0.1) is 0 Å². The Morgan fingerprint density at radius 1 is 0.897 bits per heavy atom. The lowest BCUT2D eigenvalue weighted by Crippen LogP contribution is -2.05. The van der Waals surface area contributed by atoms with Gasteiger partial charge < -0.3 is 15.7 Å². The highest BCUT2D eigenvalue weighted by molar-refractivity contribution is 6.42. The lowest BCUT2D eigenvalue weighted by molar-refractivity contribution is -0.114. The quantitative estimate of drug-likeness (QED) is 0.397. The normalized spacial score (nSPS) is 10.9. The van der Waals surface area contributed by atoms with E-state index in [1.54, 1.807) is 18.2 Å². The number of phenols is 1.